The van der Waals surface area contributed by atoms with Crippen molar-refractivity contribution >= 4 is 11.7 Å². The van der Waals surface area contributed by atoms with Crippen molar-refractivity contribution in [2.24, 2.45) is 5.84 Å². The molecule has 1 aromatic carbocycles. The molecule has 70 valence electrons. The predicted molar refractivity (Wildman–Crippen MR) is 50.2 cm³/mol. The Morgan fingerprint density at radius 1 is 1.38 bits per heavy atom. The van der Waals surface area contributed by atoms with Gasteiger partial charge in [0.1, 0.15) is 0 Å². The molecule has 0 fully saturated rings. The third-order valence-electron chi connectivity index (χ3n) is 1.75. The lowest BCUT2D eigenvalue weighted by Gasteiger charge is -2.01. The third-order valence-corrected chi connectivity index (χ3v) is 1.75. The molecule has 0 radical (unpaired) electrons. The average Bonchev–Trinajstić information content (AvgIpc) is 2.15. The Bertz CT molecular complexity index is 282. The zero-order valence-corrected chi connectivity index (χ0v) is 7.16. The van der Waals surface area contributed by atoms with Crippen molar-refractivity contribution in [2.45, 2.75) is 12.8 Å². The lowest BCUT2D eigenvalue weighted by atomic mass is 10.1. The van der Waals surface area contributed by atoms with Crippen LogP contribution in [0.1, 0.15) is 12.0 Å². The molecule has 0 saturated heterocycles. The first-order chi connectivity index (χ1) is 6.22. The number of benzene rings is 1. The molecule has 0 aliphatic carbocycles. The van der Waals surface area contributed by atoms with Crippen LogP contribution in [0.3, 0.4) is 0 Å². The van der Waals surface area contributed by atoms with E-state index in [0.29, 0.717) is 6.42 Å². The van der Waals surface area contributed by atoms with E-state index in [4.69, 9.17) is 10.9 Å². The first-order valence-electron chi connectivity index (χ1n) is 3.99. The predicted octanol–water partition coefficient (Wildman–Crippen LogP) is 0.989. The van der Waals surface area contributed by atoms with Gasteiger partial charge in [0.25, 0.3) is 0 Å². The van der Waals surface area contributed by atoms with E-state index in [2.05, 4.69) is 5.43 Å². The van der Waals surface area contributed by atoms with Crippen LogP contribution in [0.2, 0.25) is 0 Å². The second kappa shape index (κ2) is 4.47. The number of hydrazine groups is 1. The average molecular weight is 180 g/mol. The minimum absolute atomic E-state index is 0.162. The van der Waals surface area contributed by atoms with Crippen LogP contribution in [-0.4, -0.2) is 11.1 Å². The highest BCUT2D eigenvalue weighted by atomic mass is 16.4. The number of aliphatic carboxylic acids is 1. The van der Waals surface area contributed by atoms with Crippen molar-refractivity contribution in [3.8, 4) is 0 Å². The van der Waals surface area contributed by atoms with Crippen LogP contribution in [0.25, 0.3) is 0 Å². The number of anilines is 1. The van der Waals surface area contributed by atoms with Gasteiger partial charge in [-0.05, 0) is 24.1 Å². The number of carbonyl (C=O) groups is 1. The number of hydrogen-bond acceptors (Lipinski definition) is 3. The molecule has 1 rings (SSSR count). The number of aryl methyl sites for hydroxylation is 1. The molecule has 0 atom stereocenters. The van der Waals surface area contributed by atoms with E-state index in [1.165, 1.54) is 0 Å². The van der Waals surface area contributed by atoms with Gasteiger partial charge < -0.3 is 10.5 Å². The van der Waals surface area contributed by atoms with Crippen LogP contribution in [0.4, 0.5) is 5.69 Å². The number of rotatable bonds is 4. The largest absolute Gasteiger partial charge is 0.481 e. The van der Waals surface area contributed by atoms with E-state index in [1.54, 1.807) is 0 Å². The van der Waals surface area contributed by atoms with E-state index in [-0.39, 0.29) is 6.42 Å². The molecular formula is C9H12N2O2. The monoisotopic (exact) mass is 180 g/mol. The van der Waals surface area contributed by atoms with Gasteiger partial charge in [0.2, 0.25) is 0 Å². The van der Waals surface area contributed by atoms with Gasteiger partial charge in [-0.15, -0.1) is 0 Å². The van der Waals surface area contributed by atoms with Gasteiger partial charge >= 0.3 is 5.97 Å². The molecule has 4 nitrogen and oxygen atoms in total. The molecule has 4 heteroatoms. The van der Waals surface area contributed by atoms with Crippen LogP contribution in [0, 0.1) is 0 Å². The van der Waals surface area contributed by atoms with Crippen molar-refractivity contribution in [3.63, 3.8) is 0 Å². The van der Waals surface area contributed by atoms with Crippen molar-refractivity contribution in [3.05, 3.63) is 29.8 Å². The summed E-state index contributed by atoms with van der Waals surface area (Å²) in [6.07, 6.45) is 0.718. The van der Waals surface area contributed by atoms with Crippen molar-refractivity contribution in [1.82, 2.24) is 0 Å². The van der Waals surface area contributed by atoms with Gasteiger partial charge in [0.15, 0.2) is 0 Å². The molecule has 4 N–H and O–H groups in total. The van der Waals surface area contributed by atoms with Crippen LogP contribution in [0.15, 0.2) is 24.3 Å². The van der Waals surface area contributed by atoms with Gasteiger partial charge in [0.05, 0.1) is 0 Å². The number of nitrogens with one attached hydrogen (secondary N) is 1. The highest BCUT2D eigenvalue weighted by Gasteiger charge is 1.98. The minimum Gasteiger partial charge on any atom is -0.481 e. The van der Waals surface area contributed by atoms with E-state index in [0.717, 1.165) is 11.3 Å². The van der Waals surface area contributed by atoms with Crippen LogP contribution < -0.4 is 11.3 Å². The summed E-state index contributed by atoms with van der Waals surface area (Å²) in [6.45, 7) is 0. The number of nitrogen functional groups attached to an aromatic ring is 1. The van der Waals surface area contributed by atoms with Crippen molar-refractivity contribution in [1.29, 1.82) is 0 Å². The summed E-state index contributed by atoms with van der Waals surface area (Å²) in [5.74, 6) is 4.40. The van der Waals surface area contributed by atoms with Crippen LogP contribution in [-0.2, 0) is 11.2 Å². The molecule has 0 spiro atoms. The molecule has 0 unspecified atom stereocenters. The fraction of sp³-hybridized carbons (Fsp3) is 0.222. The maximum absolute atomic E-state index is 10.3. The summed E-state index contributed by atoms with van der Waals surface area (Å²) in [5, 5.41) is 8.44. The summed E-state index contributed by atoms with van der Waals surface area (Å²) in [4.78, 5) is 10.3. The Labute approximate surface area is 76.3 Å². The standard InChI is InChI=1S/C9H12N2O2/c10-11-8-4-1-7(2-5-8)3-6-9(12)13/h1-2,4-5,11H,3,6,10H2,(H,12,13). The molecule has 0 bridgehead atoms. The quantitative estimate of drug-likeness (QED) is 0.477. The zero-order chi connectivity index (χ0) is 9.68. The van der Waals surface area contributed by atoms with Crippen LogP contribution in [0.5, 0.6) is 0 Å². The lowest BCUT2D eigenvalue weighted by Crippen LogP contribution is -2.06. The topological polar surface area (TPSA) is 75.3 Å². The summed E-state index contributed by atoms with van der Waals surface area (Å²) < 4.78 is 0. The number of hydrogen-bond donors (Lipinski definition) is 3. The summed E-state index contributed by atoms with van der Waals surface area (Å²) in [7, 11) is 0. The number of carboxylic acids is 1. The Morgan fingerprint density at radius 3 is 2.46 bits per heavy atom. The fourth-order valence-electron chi connectivity index (χ4n) is 1.02. The summed E-state index contributed by atoms with van der Waals surface area (Å²) >= 11 is 0. The molecule has 0 aliphatic rings. The molecule has 13 heavy (non-hydrogen) atoms. The van der Waals surface area contributed by atoms with E-state index in [9.17, 15) is 4.79 Å². The van der Waals surface area contributed by atoms with Crippen LogP contribution >= 0.6 is 0 Å². The Balaban J connectivity index is 2.54. The first kappa shape index (κ1) is 9.54. The molecule has 0 saturated carbocycles. The number of nitrogens with two attached hydrogens (primary N) is 1. The zero-order valence-electron chi connectivity index (χ0n) is 7.16. The SMILES string of the molecule is NNc1ccc(CCC(=O)O)cc1. The second-order valence-electron chi connectivity index (χ2n) is 2.73. The maximum Gasteiger partial charge on any atom is 0.303 e. The van der Waals surface area contributed by atoms with Gasteiger partial charge in [-0.3, -0.25) is 10.6 Å². The fourth-order valence-corrected chi connectivity index (χ4v) is 1.02. The lowest BCUT2D eigenvalue weighted by molar-refractivity contribution is -0.136. The molecule has 0 aromatic heterocycles. The van der Waals surface area contributed by atoms with Gasteiger partial charge in [-0.1, -0.05) is 12.1 Å². The highest BCUT2D eigenvalue weighted by molar-refractivity contribution is 5.67. The smallest absolute Gasteiger partial charge is 0.303 e. The van der Waals surface area contributed by atoms with Gasteiger partial charge in [-0.25, -0.2) is 0 Å². The van der Waals surface area contributed by atoms with Crippen molar-refractivity contribution in [2.75, 3.05) is 5.43 Å². The normalized spacial score (nSPS) is 9.62. The Hall–Kier alpha value is -1.55. The molecule has 1 aromatic rings. The third kappa shape index (κ3) is 3.13. The minimum atomic E-state index is -0.777. The van der Waals surface area contributed by atoms with E-state index >= 15 is 0 Å². The van der Waals surface area contributed by atoms with E-state index in [1.807, 2.05) is 24.3 Å². The van der Waals surface area contributed by atoms with E-state index < -0.39 is 5.97 Å². The Kier molecular flexibility index (Phi) is 3.28. The Morgan fingerprint density at radius 2 is 2.00 bits per heavy atom. The van der Waals surface area contributed by atoms with Gasteiger partial charge in [0, 0.05) is 12.1 Å². The maximum atomic E-state index is 10.3. The molecular weight excluding hydrogens is 168 g/mol. The summed E-state index contributed by atoms with van der Waals surface area (Å²) in [6, 6.07) is 7.35. The highest BCUT2D eigenvalue weighted by Crippen LogP contribution is 2.09. The number of carboxylic acid groups (broad SMARTS) is 1. The van der Waals surface area contributed by atoms with Crippen molar-refractivity contribution < 1.29 is 9.90 Å². The first-order valence-corrected chi connectivity index (χ1v) is 3.99. The summed E-state index contributed by atoms with van der Waals surface area (Å²) in [5.41, 5.74) is 4.32. The molecule has 0 heterocycles. The molecule has 0 aliphatic heterocycles. The van der Waals surface area contributed by atoms with Gasteiger partial charge in [-0.2, -0.15) is 0 Å². The second-order valence-corrected chi connectivity index (χ2v) is 2.73. The molecule has 0 amide bonds.